The number of ether oxygens (including phenoxy) is 2. The molecule has 3 aromatic rings. The number of benzene rings is 2. The molecular weight excluding hydrogens is 396 g/mol. The molecule has 0 saturated heterocycles. The summed E-state index contributed by atoms with van der Waals surface area (Å²) in [6.45, 7) is 0.121. The van der Waals surface area contributed by atoms with Gasteiger partial charge in [0.25, 0.3) is 5.19 Å². The molecule has 0 aliphatic heterocycles. The lowest BCUT2D eigenvalue weighted by Gasteiger charge is -2.11. The Labute approximate surface area is 160 Å². The van der Waals surface area contributed by atoms with Crippen LogP contribution in [0, 0.1) is 0 Å². The molecule has 1 aromatic heterocycles. The van der Waals surface area contributed by atoms with Crippen molar-refractivity contribution in [1.29, 1.82) is 0 Å². The summed E-state index contributed by atoms with van der Waals surface area (Å²) in [5.41, 5.74) is 0.779. The number of nitrogens with one attached hydrogen (secondary N) is 1. The molecule has 136 valence electrons. The maximum atomic E-state index is 12.5. The molecule has 2 aromatic carbocycles. The Morgan fingerprint density at radius 3 is 2.62 bits per heavy atom. The molecule has 3 rings (SSSR count). The van der Waals surface area contributed by atoms with E-state index < -0.39 is 10.0 Å². The van der Waals surface area contributed by atoms with Crippen LogP contribution in [-0.2, 0) is 16.6 Å². The zero-order valence-electron chi connectivity index (χ0n) is 13.7. The molecule has 0 spiro atoms. The fourth-order valence-electron chi connectivity index (χ4n) is 2.15. The normalized spacial score (nSPS) is 11.3. The van der Waals surface area contributed by atoms with Gasteiger partial charge in [-0.25, -0.2) is 18.1 Å². The number of aromatic nitrogens is 1. The van der Waals surface area contributed by atoms with E-state index in [4.69, 9.17) is 21.1 Å². The monoisotopic (exact) mass is 410 g/mol. The molecule has 0 atom stereocenters. The van der Waals surface area contributed by atoms with E-state index in [0.29, 0.717) is 16.0 Å². The number of hydrogen-bond donors (Lipinski definition) is 1. The number of thiazole rings is 1. The number of nitrogens with zero attached hydrogens (tertiary/aromatic N) is 1. The third-order valence-electron chi connectivity index (χ3n) is 3.42. The SMILES string of the molecule is COc1ccc(Cl)cc1S(=O)(=O)NCc1ccc(Oc2nccs2)cc1. The Morgan fingerprint density at radius 2 is 1.96 bits per heavy atom. The first-order chi connectivity index (χ1) is 12.5. The average Bonchev–Trinajstić information content (AvgIpc) is 3.14. The number of sulfonamides is 1. The second kappa shape index (κ2) is 8.05. The predicted molar refractivity (Wildman–Crippen MR) is 101 cm³/mol. The van der Waals surface area contributed by atoms with Crippen molar-refractivity contribution in [1.82, 2.24) is 9.71 Å². The van der Waals surface area contributed by atoms with Crippen LogP contribution in [0.15, 0.2) is 58.9 Å². The van der Waals surface area contributed by atoms with Crippen molar-refractivity contribution in [2.75, 3.05) is 7.11 Å². The van der Waals surface area contributed by atoms with Crippen molar-refractivity contribution in [3.05, 3.63) is 64.6 Å². The molecule has 0 aliphatic rings. The van der Waals surface area contributed by atoms with Gasteiger partial charge in [0.1, 0.15) is 16.4 Å². The molecular formula is C17H15ClN2O4S2. The second-order valence-corrected chi connectivity index (χ2v) is 8.19. The zero-order valence-corrected chi connectivity index (χ0v) is 16.1. The minimum absolute atomic E-state index is 0.00350. The van der Waals surface area contributed by atoms with E-state index in [1.54, 1.807) is 36.5 Å². The third-order valence-corrected chi connectivity index (χ3v) is 5.73. The molecule has 0 fully saturated rings. The van der Waals surface area contributed by atoms with Gasteiger partial charge in [-0.2, -0.15) is 0 Å². The molecule has 1 heterocycles. The van der Waals surface area contributed by atoms with Crippen LogP contribution in [0.3, 0.4) is 0 Å². The van der Waals surface area contributed by atoms with Crippen molar-refractivity contribution in [3.8, 4) is 16.7 Å². The van der Waals surface area contributed by atoms with Crippen LogP contribution in [0.2, 0.25) is 5.02 Å². The Balaban J connectivity index is 1.69. The Kier molecular flexibility index (Phi) is 5.77. The van der Waals surface area contributed by atoms with Gasteiger partial charge < -0.3 is 9.47 Å². The Bertz CT molecular complexity index is 975. The summed E-state index contributed by atoms with van der Waals surface area (Å²) in [7, 11) is -2.37. The van der Waals surface area contributed by atoms with Gasteiger partial charge in [-0.3, -0.25) is 0 Å². The molecule has 9 heteroatoms. The van der Waals surface area contributed by atoms with Gasteiger partial charge in [0.05, 0.1) is 7.11 Å². The largest absolute Gasteiger partial charge is 0.495 e. The number of halogens is 1. The van der Waals surface area contributed by atoms with E-state index in [9.17, 15) is 8.42 Å². The van der Waals surface area contributed by atoms with E-state index in [0.717, 1.165) is 5.56 Å². The molecule has 1 N–H and O–H groups in total. The van der Waals surface area contributed by atoms with Gasteiger partial charge in [-0.1, -0.05) is 35.1 Å². The topological polar surface area (TPSA) is 77.5 Å². The molecule has 0 radical (unpaired) electrons. The van der Waals surface area contributed by atoms with Crippen molar-refractivity contribution < 1.29 is 17.9 Å². The summed E-state index contributed by atoms with van der Waals surface area (Å²) >= 11 is 7.30. The van der Waals surface area contributed by atoms with Gasteiger partial charge in [0, 0.05) is 23.1 Å². The van der Waals surface area contributed by atoms with Gasteiger partial charge in [-0.05, 0) is 35.9 Å². The fraction of sp³-hybridized carbons (Fsp3) is 0.118. The van der Waals surface area contributed by atoms with Crippen molar-refractivity contribution in [2.45, 2.75) is 11.4 Å². The van der Waals surface area contributed by atoms with Crippen LogP contribution < -0.4 is 14.2 Å². The van der Waals surface area contributed by atoms with Gasteiger partial charge in [0.2, 0.25) is 10.0 Å². The highest BCUT2D eigenvalue weighted by Crippen LogP contribution is 2.27. The van der Waals surface area contributed by atoms with Crippen LogP contribution in [-0.4, -0.2) is 20.5 Å². The van der Waals surface area contributed by atoms with Crippen molar-refractivity contribution >= 4 is 33.0 Å². The maximum absolute atomic E-state index is 12.5. The van der Waals surface area contributed by atoms with Crippen LogP contribution in [0.25, 0.3) is 0 Å². The van der Waals surface area contributed by atoms with Crippen LogP contribution in [0.5, 0.6) is 16.7 Å². The van der Waals surface area contributed by atoms with E-state index >= 15 is 0 Å². The Morgan fingerprint density at radius 1 is 1.19 bits per heavy atom. The Hall–Kier alpha value is -2.13. The first kappa shape index (κ1) is 18.7. The smallest absolute Gasteiger partial charge is 0.278 e. The van der Waals surface area contributed by atoms with Crippen LogP contribution >= 0.6 is 22.9 Å². The summed E-state index contributed by atoms with van der Waals surface area (Å²) in [6, 6.07) is 11.5. The molecule has 0 bridgehead atoms. The second-order valence-electron chi connectivity index (χ2n) is 5.16. The maximum Gasteiger partial charge on any atom is 0.278 e. The summed E-state index contributed by atoms with van der Waals surface area (Å²) in [6.07, 6.45) is 1.66. The predicted octanol–water partition coefficient (Wildman–Crippen LogP) is 4.08. The van der Waals surface area contributed by atoms with E-state index in [-0.39, 0.29) is 17.2 Å². The highest BCUT2D eigenvalue weighted by molar-refractivity contribution is 7.89. The third kappa shape index (κ3) is 4.53. The standard InChI is InChI=1S/C17H15ClN2O4S2/c1-23-15-7-4-13(18)10-16(15)26(21,22)20-11-12-2-5-14(6-3-12)24-17-19-8-9-25-17/h2-10,20H,11H2,1H3. The highest BCUT2D eigenvalue weighted by atomic mass is 35.5. The molecule has 0 saturated carbocycles. The van der Waals surface area contributed by atoms with Gasteiger partial charge >= 0.3 is 0 Å². The summed E-state index contributed by atoms with van der Waals surface area (Å²) < 4.78 is 38.3. The molecule has 0 aliphatic carbocycles. The highest BCUT2D eigenvalue weighted by Gasteiger charge is 2.19. The average molecular weight is 411 g/mol. The van der Waals surface area contributed by atoms with Gasteiger partial charge in [-0.15, -0.1) is 0 Å². The lowest BCUT2D eigenvalue weighted by molar-refractivity contribution is 0.402. The summed E-state index contributed by atoms with van der Waals surface area (Å²) in [5.74, 6) is 0.858. The quantitative estimate of drug-likeness (QED) is 0.635. The summed E-state index contributed by atoms with van der Waals surface area (Å²) in [5, 5.41) is 2.68. The van der Waals surface area contributed by atoms with Crippen molar-refractivity contribution in [3.63, 3.8) is 0 Å². The number of methoxy groups -OCH3 is 1. The van der Waals surface area contributed by atoms with Gasteiger partial charge in [0.15, 0.2) is 0 Å². The van der Waals surface area contributed by atoms with Crippen LogP contribution in [0.4, 0.5) is 0 Å². The zero-order chi connectivity index (χ0) is 18.6. The van der Waals surface area contributed by atoms with E-state index in [1.807, 2.05) is 5.38 Å². The lowest BCUT2D eigenvalue weighted by Crippen LogP contribution is -2.23. The van der Waals surface area contributed by atoms with Crippen LogP contribution in [0.1, 0.15) is 5.56 Å². The minimum Gasteiger partial charge on any atom is -0.495 e. The molecule has 6 nitrogen and oxygen atoms in total. The van der Waals surface area contributed by atoms with E-state index in [2.05, 4.69) is 9.71 Å². The minimum atomic E-state index is -3.77. The van der Waals surface area contributed by atoms with E-state index in [1.165, 1.54) is 30.6 Å². The lowest BCUT2D eigenvalue weighted by atomic mass is 10.2. The number of rotatable bonds is 7. The first-order valence-corrected chi connectivity index (χ1v) is 10.2. The molecule has 0 unspecified atom stereocenters. The molecule has 26 heavy (non-hydrogen) atoms. The first-order valence-electron chi connectivity index (χ1n) is 7.47. The fourth-order valence-corrected chi connectivity index (χ4v) is 4.11. The van der Waals surface area contributed by atoms with Crippen molar-refractivity contribution in [2.24, 2.45) is 0 Å². The molecule has 0 amide bonds. The summed E-state index contributed by atoms with van der Waals surface area (Å²) in [4.78, 5) is 4.04. The number of hydrogen-bond acceptors (Lipinski definition) is 6.